The summed E-state index contributed by atoms with van der Waals surface area (Å²) in [4.78, 5) is 19.0. The van der Waals surface area contributed by atoms with Crippen molar-refractivity contribution in [1.29, 1.82) is 5.41 Å². The number of nitrogens with one attached hydrogen (secondary N) is 2. The van der Waals surface area contributed by atoms with E-state index in [0.717, 1.165) is 36.3 Å². The predicted molar refractivity (Wildman–Crippen MR) is 127 cm³/mol. The number of hydrogen-bond acceptors (Lipinski definition) is 5. The molecule has 10 heteroatoms. The van der Waals surface area contributed by atoms with Crippen LogP contribution in [0.25, 0.3) is 5.03 Å². The van der Waals surface area contributed by atoms with Gasteiger partial charge in [-0.2, -0.15) is 13.2 Å². The summed E-state index contributed by atoms with van der Waals surface area (Å²) in [5, 5.41) is 12.9. The first-order chi connectivity index (χ1) is 16.7. The summed E-state index contributed by atoms with van der Waals surface area (Å²) in [6.45, 7) is 0.202. The van der Waals surface area contributed by atoms with Crippen LogP contribution in [-0.4, -0.2) is 15.2 Å². The van der Waals surface area contributed by atoms with Gasteiger partial charge in [-0.3, -0.25) is 19.3 Å². The average molecular weight is 500 g/mol. The number of fused-ring (bicyclic) bond motifs is 3. The molecule has 1 aromatic heterocycles. The van der Waals surface area contributed by atoms with E-state index in [0.29, 0.717) is 16.2 Å². The van der Waals surface area contributed by atoms with Gasteiger partial charge in [-0.25, -0.2) is 4.99 Å². The molecule has 2 heterocycles. The van der Waals surface area contributed by atoms with Gasteiger partial charge in [0, 0.05) is 18.5 Å². The maximum Gasteiger partial charge on any atom is 0.416 e. The Labute approximate surface area is 203 Å². The Morgan fingerprint density at radius 3 is 2.54 bits per heavy atom. The van der Waals surface area contributed by atoms with Crippen LogP contribution in [0.4, 0.5) is 13.2 Å². The Bertz CT molecular complexity index is 1490. The number of alkyl halides is 3. The van der Waals surface area contributed by atoms with Gasteiger partial charge in [0.15, 0.2) is 0 Å². The van der Waals surface area contributed by atoms with Crippen LogP contribution in [0.2, 0.25) is 0 Å². The summed E-state index contributed by atoms with van der Waals surface area (Å²) in [6.07, 6.45) is -1.51. The third kappa shape index (κ3) is 4.42. The van der Waals surface area contributed by atoms with Crippen LogP contribution in [-0.2, 0) is 19.8 Å². The highest BCUT2D eigenvalue weighted by molar-refractivity contribution is 8.07. The van der Waals surface area contributed by atoms with Gasteiger partial charge >= 0.3 is 6.18 Å². The van der Waals surface area contributed by atoms with Gasteiger partial charge in [0.1, 0.15) is 10.7 Å². The van der Waals surface area contributed by atoms with Crippen LogP contribution >= 0.6 is 11.8 Å². The average Bonchev–Trinajstić information content (AvgIpc) is 3.43. The quantitative estimate of drug-likeness (QED) is 0.530. The van der Waals surface area contributed by atoms with E-state index in [2.05, 4.69) is 5.32 Å². The molecule has 1 fully saturated rings. The number of rotatable bonds is 5. The lowest BCUT2D eigenvalue weighted by atomic mass is 10.1. The molecule has 5 rings (SSSR count). The Balaban J connectivity index is 1.60. The molecule has 1 aliphatic heterocycles. The molecule has 35 heavy (non-hydrogen) atoms. The Hall–Kier alpha value is -3.27. The highest BCUT2D eigenvalue weighted by Gasteiger charge is 2.35. The molecule has 2 aromatic carbocycles. The number of nitrogens with zero attached hydrogens (tertiary/aromatic N) is 3. The van der Waals surface area contributed by atoms with Crippen molar-refractivity contribution >= 4 is 16.8 Å². The van der Waals surface area contributed by atoms with Gasteiger partial charge < -0.3 is 5.32 Å². The molecule has 6 nitrogen and oxygen atoms in total. The number of thioether (sulfide) groups is 1. The van der Waals surface area contributed by atoms with Gasteiger partial charge in [0.05, 0.1) is 22.7 Å². The SMILES string of the molecule is Cn1c(=O)c(=C(NCc2ccc(C(F)(F)F)cc2)Sc2ccccc2)c(=N)n2c1=NC1CCCC12. The van der Waals surface area contributed by atoms with E-state index in [9.17, 15) is 18.0 Å². The van der Waals surface area contributed by atoms with Crippen LogP contribution in [0.1, 0.15) is 36.4 Å². The highest BCUT2D eigenvalue weighted by Crippen LogP contribution is 2.33. The fourth-order valence-corrected chi connectivity index (χ4v) is 5.67. The van der Waals surface area contributed by atoms with E-state index in [4.69, 9.17) is 10.4 Å². The van der Waals surface area contributed by atoms with E-state index < -0.39 is 11.7 Å². The number of aromatic nitrogens is 2. The first-order valence-corrected chi connectivity index (χ1v) is 12.2. The second-order valence-corrected chi connectivity index (χ2v) is 9.83. The molecule has 2 aliphatic rings. The molecule has 3 aromatic rings. The molecular weight excluding hydrogens is 475 g/mol. The summed E-state index contributed by atoms with van der Waals surface area (Å²) in [7, 11) is 1.67. The Morgan fingerprint density at radius 2 is 1.86 bits per heavy atom. The zero-order chi connectivity index (χ0) is 24.7. The monoisotopic (exact) mass is 499 g/mol. The molecule has 0 bridgehead atoms. The van der Waals surface area contributed by atoms with Gasteiger partial charge in [-0.15, -0.1) is 0 Å². The predicted octanol–water partition coefficient (Wildman–Crippen LogP) is 3.06. The van der Waals surface area contributed by atoms with E-state index in [1.165, 1.54) is 28.5 Å². The molecule has 0 saturated heterocycles. The molecule has 1 aliphatic carbocycles. The third-order valence-electron chi connectivity index (χ3n) is 6.49. The third-order valence-corrected chi connectivity index (χ3v) is 7.55. The van der Waals surface area contributed by atoms with Crippen molar-refractivity contribution in [2.75, 3.05) is 0 Å². The zero-order valence-electron chi connectivity index (χ0n) is 19.0. The first kappa shape index (κ1) is 23.5. The summed E-state index contributed by atoms with van der Waals surface area (Å²) in [5.74, 6) is 0. The number of halogens is 3. The Kier molecular flexibility index (Phi) is 6.08. The van der Waals surface area contributed by atoms with Crippen molar-refractivity contribution in [2.45, 2.75) is 49.0 Å². The van der Waals surface area contributed by atoms with Crippen LogP contribution in [0.15, 0.2) is 69.3 Å². The molecule has 2 unspecified atom stereocenters. The van der Waals surface area contributed by atoms with E-state index >= 15 is 0 Å². The lowest BCUT2D eigenvalue weighted by molar-refractivity contribution is -0.137. The summed E-state index contributed by atoms with van der Waals surface area (Å²) in [6, 6.07) is 14.5. The summed E-state index contributed by atoms with van der Waals surface area (Å²) >= 11 is 1.32. The molecule has 182 valence electrons. The highest BCUT2D eigenvalue weighted by atomic mass is 32.2. The van der Waals surface area contributed by atoms with Gasteiger partial charge in [-0.05, 0) is 49.1 Å². The van der Waals surface area contributed by atoms with Crippen molar-refractivity contribution in [3.05, 3.63) is 92.4 Å². The minimum absolute atomic E-state index is 0.0703. The molecular formula is C25H24F3N5OS. The summed E-state index contributed by atoms with van der Waals surface area (Å²) < 4.78 is 42.2. The molecule has 2 atom stereocenters. The molecule has 1 saturated carbocycles. The van der Waals surface area contributed by atoms with Crippen molar-refractivity contribution in [2.24, 2.45) is 12.0 Å². The van der Waals surface area contributed by atoms with Crippen molar-refractivity contribution < 1.29 is 13.2 Å². The summed E-state index contributed by atoms with van der Waals surface area (Å²) in [5.41, 5.74) is 0.219. The van der Waals surface area contributed by atoms with Crippen molar-refractivity contribution in [3.63, 3.8) is 0 Å². The van der Waals surface area contributed by atoms with E-state index in [-0.39, 0.29) is 34.9 Å². The number of hydrogen-bond donors (Lipinski definition) is 2. The molecule has 0 amide bonds. The lowest BCUT2D eigenvalue weighted by Crippen LogP contribution is -2.58. The molecule has 0 radical (unpaired) electrons. The van der Waals surface area contributed by atoms with E-state index in [1.807, 2.05) is 34.9 Å². The fraction of sp³-hybridized carbons (Fsp3) is 0.320. The smallest absolute Gasteiger partial charge is 0.375 e. The van der Waals surface area contributed by atoms with Crippen LogP contribution in [0.5, 0.6) is 0 Å². The number of benzene rings is 2. The minimum atomic E-state index is -4.40. The standard InChI is InChI=1S/C25H24F3N5OS/c1-32-23(34)20(21(29)33-19-9-5-8-18(19)31-24(32)33)22(35-17-6-3-2-4-7-17)30-14-15-10-12-16(13-11-15)25(26,27)28/h2-4,6-7,10-13,18-19,29-30H,5,8-9,14H2,1H3. The lowest BCUT2D eigenvalue weighted by Gasteiger charge is -2.16. The zero-order valence-corrected chi connectivity index (χ0v) is 19.8. The van der Waals surface area contributed by atoms with Crippen LogP contribution < -0.4 is 27.2 Å². The van der Waals surface area contributed by atoms with Gasteiger partial charge in [0.25, 0.3) is 5.56 Å². The normalized spacial score (nSPS) is 19.7. The van der Waals surface area contributed by atoms with Crippen molar-refractivity contribution in [3.8, 4) is 0 Å². The van der Waals surface area contributed by atoms with Crippen molar-refractivity contribution in [1.82, 2.24) is 14.5 Å². The molecule has 0 spiro atoms. The first-order valence-electron chi connectivity index (χ1n) is 11.3. The van der Waals surface area contributed by atoms with Crippen LogP contribution in [0, 0.1) is 5.41 Å². The maximum atomic E-state index is 13.4. The van der Waals surface area contributed by atoms with Gasteiger partial charge in [-0.1, -0.05) is 42.1 Å². The second kappa shape index (κ2) is 9.07. The topological polar surface area (TPSA) is 75.2 Å². The van der Waals surface area contributed by atoms with Crippen LogP contribution in [0.3, 0.4) is 0 Å². The maximum absolute atomic E-state index is 13.4. The largest absolute Gasteiger partial charge is 0.416 e. The minimum Gasteiger partial charge on any atom is -0.375 e. The Morgan fingerprint density at radius 1 is 1.14 bits per heavy atom. The molecule has 2 N–H and O–H groups in total. The van der Waals surface area contributed by atoms with Gasteiger partial charge in [0.2, 0.25) is 5.62 Å². The second-order valence-electron chi connectivity index (χ2n) is 8.74. The fourth-order valence-electron chi connectivity index (χ4n) is 4.71. The van der Waals surface area contributed by atoms with E-state index in [1.54, 1.807) is 7.05 Å².